The van der Waals surface area contributed by atoms with Crippen molar-refractivity contribution in [1.82, 2.24) is 4.90 Å². The summed E-state index contributed by atoms with van der Waals surface area (Å²) in [6.45, 7) is 1.59. The Kier molecular flexibility index (Phi) is 5.57. The molecule has 0 spiro atoms. The zero-order chi connectivity index (χ0) is 17.1. The van der Waals surface area contributed by atoms with Gasteiger partial charge < -0.3 is 9.64 Å². The van der Waals surface area contributed by atoms with Crippen molar-refractivity contribution in [1.29, 1.82) is 0 Å². The molecule has 0 radical (unpaired) electrons. The second-order valence-corrected chi connectivity index (χ2v) is 7.71. The fraction of sp³-hybridized carbons (Fsp3) is 0.450. The van der Waals surface area contributed by atoms with Crippen molar-refractivity contribution in [2.24, 2.45) is 5.92 Å². The van der Waals surface area contributed by atoms with Crippen LogP contribution in [0.5, 0.6) is 0 Å². The Morgan fingerprint density at radius 2 is 2.12 bits per heavy atom. The lowest BCUT2D eigenvalue weighted by atomic mass is 10.00. The maximum Gasteiger partial charge on any atom is 0.169 e. The summed E-state index contributed by atoms with van der Waals surface area (Å²) < 4.78 is 7.18. The Morgan fingerprint density at radius 3 is 2.83 bits per heavy atom. The topological polar surface area (TPSA) is 29.5 Å². The second kappa shape index (κ2) is 7.66. The SMILES string of the molecule is CN(C)CCCOC1=C(C(=O)C2CC2)C=CCc2ccc(Br)cc21. The highest BCUT2D eigenvalue weighted by molar-refractivity contribution is 9.10. The highest BCUT2D eigenvalue weighted by Crippen LogP contribution is 2.37. The molecule has 1 fully saturated rings. The average Bonchev–Trinajstić information content (AvgIpc) is 3.38. The van der Waals surface area contributed by atoms with Crippen LogP contribution in [0.4, 0.5) is 0 Å². The molecule has 24 heavy (non-hydrogen) atoms. The van der Waals surface area contributed by atoms with Gasteiger partial charge in [-0.2, -0.15) is 0 Å². The molecule has 0 atom stereocenters. The summed E-state index contributed by atoms with van der Waals surface area (Å²) in [7, 11) is 4.12. The van der Waals surface area contributed by atoms with Crippen molar-refractivity contribution < 1.29 is 9.53 Å². The Labute approximate surface area is 152 Å². The minimum Gasteiger partial charge on any atom is -0.492 e. The molecule has 3 nitrogen and oxygen atoms in total. The van der Waals surface area contributed by atoms with Crippen molar-refractivity contribution in [2.45, 2.75) is 25.7 Å². The van der Waals surface area contributed by atoms with Gasteiger partial charge in [0.2, 0.25) is 0 Å². The third-order valence-corrected chi connectivity index (χ3v) is 4.89. The maximum absolute atomic E-state index is 12.8. The van der Waals surface area contributed by atoms with Crippen LogP contribution in [0.2, 0.25) is 0 Å². The molecule has 0 bridgehead atoms. The lowest BCUT2D eigenvalue weighted by molar-refractivity contribution is -0.116. The fourth-order valence-corrected chi connectivity index (χ4v) is 3.29. The van der Waals surface area contributed by atoms with Crippen LogP contribution < -0.4 is 0 Å². The van der Waals surface area contributed by atoms with Gasteiger partial charge in [0.15, 0.2) is 5.78 Å². The standard InChI is InChI=1S/C20H24BrNO2/c1-22(2)11-4-12-24-20-17(19(23)15-7-8-15)6-3-5-14-9-10-16(21)13-18(14)20/h3,6,9-10,13,15H,4-5,7-8,11-12H2,1-2H3. The van der Waals surface area contributed by atoms with Crippen molar-refractivity contribution in [3.05, 3.63) is 51.5 Å². The molecule has 1 aromatic rings. The average molecular weight is 390 g/mol. The predicted octanol–water partition coefficient (Wildman–Crippen LogP) is 4.22. The van der Waals surface area contributed by atoms with Gasteiger partial charge in [-0.25, -0.2) is 0 Å². The highest BCUT2D eigenvalue weighted by Gasteiger charge is 2.33. The lowest BCUT2D eigenvalue weighted by Crippen LogP contribution is -2.15. The van der Waals surface area contributed by atoms with E-state index in [1.54, 1.807) is 0 Å². The molecule has 0 N–H and O–H groups in total. The monoisotopic (exact) mass is 389 g/mol. The maximum atomic E-state index is 12.8. The minimum absolute atomic E-state index is 0.193. The van der Waals surface area contributed by atoms with Gasteiger partial charge in [0.25, 0.3) is 0 Å². The van der Waals surface area contributed by atoms with Crippen LogP contribution in [-0.4, -0.2) is 37.9 Å². The molecule has 0 aromatic heterocycles. The number of carbonyl (C=O) groups is 1. The zero-order valence-electron chi connectivity index (χ0n) is 14.3. The van der Waals surface area contributed by atoms with E-state index in [0.717, 1.165) is 53.6 Å². The molecule has 2 aliphatic rings. The highest BCUT2D eigenvalue weighted by atomic mass is 79.9. The van der Waals surface area contributed by atoms with Crippen molar-refractivity contribution >= 4 is 27.5 Å². The van der Waals surface area contributed by atoms with Gasteiger partial charge in [0.05, 0.1) is 12.2 Å². The smallest absolute Gasteiger partial charge is 0.169 e. The first-order valence-electron chi connectivity index (χ1n) is 8.57. The first-order valence-corrected chi connectivity index (χ1v) is 9.37. The van der Waals surface area contributed by atoms with E-state index in [9.17, 15) is 4.79 Å². The Bertz CT molecular complexity index is 687. The molecule has 1 saturated carbocycles. The van der Waals surface area contributed by atoms with E-state index in [4.69, 9.17) is 4.74 Å². The number of halogens is 1. The summed E-state index contributed by atoms with van der Waals surface area (Å²) >= 11 is 3.55. The van der Waals surface area contributed by atoms with Crippen LogP contribution in [0.15, 0.2) is 40.4 Å². The van der Waals surface area contributed by atoms with Crippen molar-refractivity contribution in [2.75, 3.05) is 27.2 Å². The van der Waals surface area contributed by atoms with Crippen molar-refractivity contribution in [3.63, 3.8) is 0 Å². The summed E-state index contributed by atoms with van der Waals surface area (Å²) in [5.41, 5.74) is 3.00. The van der Waals surface area contributed by atoms with E-state index in [0.29, 0.717) is 6.61 Å². The van der Waals surface area contributed by atoms with Gasteiger partial charge in [0, 0.05) is 22.5 Å². The zero-order valence-corrected chi connectivity index (χ0v) is 15.9. The van der Waals surface area contributed by atoms with Crippen LogP contribution in [0, 0.1) is 5.92 Å². The third-order valence-electron chi connectivity index (χ3n) is 4.39. The lowest BCUT2D eigenvalue weighted by Gasteiger charge is -2.17. The molecule has 1 aromatic carbocycles. The summed E-state index contributed by atoms with van der Waals surface area (Å²) in [6.07, 6.45) is 7.84. The quantitative estimate of drug-likeness (QED) is 0.653. The van der Waals surface area contributed by atoms with Gasteiger partial charge in [-0.1, -0.05) is 34.1 Å². The normalized spacial score (nSPS) is 17.0. The first-order chi connectivity index (χ1) is 11.6. The fourth-order valence-electron chi connectivity index (χ4n) is 2.93. The van der Waals surface area contributed by atoms with Gasteiger partial charge in [0.1, 0.15) is 5.76 Å². The molecule has 0 amide bonds. The molecule has 0 aliphatic heterocycles. The number of rotatable bonds is 7. The van der Waals surface area contributed by atoms with Crippen molar-refractivity contribution in [3.8, 4) is 0 Å². The Balaban J connectivity index is 1.92. The second-order valence-electron chi connectivity index (χ2n) is 6.79. The third kappa shape index (κ3) is 4.17. The van der Waals surface area contributed by atoms with Gasteiger partial charge in [-0.15, -0.1) is 0 Å². The Hall–Kier alpha value is -1.39. The van der Waals surface area contributed by atoms with Crippen LogP contribution in [0.3, 0.4) is 0 Å². The number of fused-ring (bicyclic) bond motifs is 1. The largest absolute Gasteiger partial charge is 0.492 e. The number of benzene rings is 1. The molecule has 128 valence electrons. The molecule has 3 rings (SSSR count). The first kappa shape index (κ1) is 17.4. The van der Waals surface area contributed by atoms with E-state index in [2.05, 4.69) is 53.1 Å². The number of allylic oxidation sites excluding steroid dienone is 3. The van der Waals surface area contributed by atoms with Crippen LogP contribution in [-0.2, 0) is 16.0 Å². The molecule has 4 heteroatoms. The van der Waals surface area contributed by atoms with E-state index in [1.807, 2.05) is 12.1 Å². The van der Waals surface area contributed by atoms with Gasteiger partial charge in [-0.3, -0.25) is 4.79 Å². The molecule has 0 heterocycles. The molecule has 2 aliphatic carbocycles. The predicted molar refractivity (Wildman–Crippen MR) is 101 cm³/mol. The van der Waals surface area contributed by atoms with Gasteiger partial charge in [-0.05, 0) is 57.5 Å². The van der Waals surface area contributed by atoms with Crippen LogP contribution >= 0.6 is 15.9 Å². The summed E-state index contributed by atoms with van der Waals surface area (Å²) in [4.78, 5) is 14.9. The van der Waals surface area contributed by atoms with Crippen LogP contribution in [0.1, 0.15) is 30.4 Å². The molecular formula is C20H24BrNO2. The molecule has 0 saturated heterocycles. The van der Waals surface area contributed by atoms with Crippen LogP contribution in [0.25, 0.3) is 5.76 Å². The van der Waals surface area contributed by atoms with E-state index < -0.39 is 0 Å². The molecule has 0 unspecified atom stereocenters. The number of Topliss-reactive ketones (excluding diaryl/α,β-unsaturated/α-hetero) is 1. The summed E-state index contributed by atoms with van der Waals surface area (Å²) in [6, 6.07) is 6.23. The number of ether oxygens (including phenoxy) is 1. The van der Waals surface area contributed by atoms with Gasteiger partial charge >= 0.3 is 0 Å². The van der Waals surface area contributed by atoms with E-state index in [-0.39, 0.29) is 11.7 Å². The minimum atomic E-state index is 0.193. The van der Waals surface area contributed by atoms with E-state index in [1.165, 1.54) is 5.56 Å². The summed E-state index contributed by atoms with van der Waals surface area (Å²) in [5, 5.41) is 0. The molecular weight excluding hydrogens is 366 g/mol. The Morgan fingerprint density at radius 1 is 1.33 bits per heavy atom. The number of ketones is 1. The number of hydrogen-bond donors (Lipinski definition) is 0. The number of hydrogen-bond acceptors (Lipinski definition) is 3. The summed E-state index contributed by atoms with van der Waals surface area (Å²) in [5.74, 6) is 1.19. The number of nitrogens with zero attached hydrogens (tertiary/aromatic N) is 1. The number of carbonyl (C=O) groups excluding carboxylic acids is 1. The van der Waals surface area contributed by atoms with E-state index >= 15 is 0 Å².